The molecular formula is C95H89FN6O10S8. The minimum Gasteiger partial charge on any atom is -0.444 e. The Morgan fingerprint density at radius 3 is 0.825 bits per heavy atom. The van der Waals surface area contributed by atoms with Crippen LogP contribution in [0.5, 0.6) is 46.0 Å². The van der Waals surface area contributed by atoms with Gasteiger partial charge < -0.3 is 52.8 Å². The molecule has 120 heavy (non-hydrogen) atoms. The second kappa shape index (κ2) is 46.4. The van der Waals surface area contributed by atoms with Crippen molar-refractivity contribution in [2.75, 3.05) is 38.6 Å². The number of nitrogens with zero attached hydrogens (tertiary/aromatic N) is 5. The fourth-order valence-corrected chi connectivity index (χ4v) is 13.1. The van der Waals surface area contributed by atoms with E-state index in [0.29, 0.717) is 57.4 Å². The van der Waals surface area contributed by atoms with E-state index in [2.05, 4.69) is 19.2 Å². The third-order valence-corrected chi connectivity index (χ3v) is 18.9. The Labute approximate surface area is 744 Å². The van der Waals surface area contributed by atoms with Crippen LogP contribution in [-0.2, 0) is 24.1 Å². The van der Waals surface area contributed by atoms with E-state index in [1.807, 2.05) is 327 Å². The third-order valence-electron chi connectivity index (χ3n) is 16.8. The number of hydrogen-bond acceptors (Lipinski definition) is 19. The zero-order valence-corrected chi connectivity index (χ0v) is 74.1. The fraction of sp³-hybridized carbons (Fsp3) is 0.147. The van der Waals surface area contributed by atoms with Crippen molar-refractivity contribution in [3.63, 3.8) is 0 Å². The summed E-state index contributed by atoms with van der Waals surface area (Å²) in [5.41, 5.74) is 10.0. The normalized spacial score (nSPS) is 10.4. The van der Waals surface area contributed by atoms with Gasteiger partial charge in [-0.15, -0.1) is 0 Å². The molecular weight excluding hydrogens is 1660 g/mol. The summed E-state index contributed by atoms with van der Waals surface area (Å²) in [4.78, 5) is 20.4. The van der Waals surface area contributed by atoms with Crippen molar-refractivity contribution in [1.82, 2.24) is 5.32 Å². The highest BCUT2D eigenvalue weighted by Crippen LogP contribution is 2.29. The molecule has 0 saturated carbocycles. The first-order chi connectivity index (χ1) is 57.7. The second-order valence-corrected chi connectivity index (χ2v) is 30.2. The van der Waals surface area contributed by atoms with Gasteiger partial charge in [-0.05, 0) is 339 Å². The van der Waals surface area contributed by atoms with Gasteiger partial charge in [-0.1, -0.05) is 176 Å². The predicted molar refractivity (Wildman–Crippen MR) is 513 cm³/mol. The first-order valence-corrected chi connectivity index (χ1v) is 41.1. The van der Waals surface area contributed by atoms with Crippen molar-refractivity contribution in [2.45, 2.75) is 80.4 Å². The SMILES string of the molecule is CC(C)(C)OC(=O)NCc1cccc(N(C(=S)Oc2ccccc2)C(=S)Oc2ccccc2)c1.CCc1ccc(N(C(=S)Oc2ccc(C)cc2)C(=S)Oc2ccc(C)cc2)cc1.CCc1ccc(N(C(=S)Oc2ccc(C)cc2)C(=S)Oc2ccc(F)cc2)cc1.CN(C)c1ccc(N(C(=S)Oc2ccccc2)C(=S)Oc2ccccc2)cc1. The maximum absolute atomic E-state index is 13.2. The molecule has 0 aliphatic carbocycles. The molecule has 0 fully saturated rings. The first kappa shape index (κ1) is 91.9. The number of anilines is 5. The van der Waals surface area contributed by atoms with Gasteiger partial charge in [-0.2, -0.15) is 0 Å². The summed E-state index contributed by atoms with van der Waals surface area (Å²) in [7, 11) is 3.97. The van der Waals surface area contributed by atoms with Gasteiger partial charge in [0.05, 0.1) is 22.7 Å². The number of para-hydroxylation sites is 4. The number of nitrogens with one attached hydrogen (secondary N) is 1. The summed E-state index contributed by atoms with van der Waals surface area (Å²) >= 11 is 44.4. The lowest BCUT2D eigenvalue weighted by Crippen LogP contribution is -2.40. The van der Waals surface area contributed by atoms with Gasteiger partial charge in [0.2, 0.25) is 0 Å². The monoisotopic (exact) mass is 1750 g/mol. The molecule has 12 aromatic carbocycles. The summed E-state index contributed by atoms with van der Waals surface area (Å²) in [5.74, 6) is 4.35. The molecule has 614 valence electrons. The lowest BCUT2D eigenvalue weighted by atomic mass is 10.1. The number of halogens is 1. The highest BCUT2D eigenvalue weighted by molar-refractivity contribution is 7.83. The number of thiocarbonyl (C=S) groups is 8. The molecule has 16 nitrogen and oxygen atoms in total. The molecule has 0 radical (unpaired) electrons. The minimum absolute atomic E-state index is 0.0815. The van der Waals surface area contributed by atoms with E-state index in [0.717, 1.165) is 52.2 Å². The van der Waals surface area contributed by atoms with Crippen LogP contribution >= 0.6 is 97.7 Å². The first-order valence-electron chi connectivity index (χ1n) is 37.8. The Hall–Kier alpha value is -12.0. The van der Waals surface area contributed by atoms with Gasteiger partial charge >= 0.3 is 6.09 Å². The summed E-state index contributed by atoms with van der Waals surface area (Å²) in [6.45, 7) is 15.9. The summed E-state index contributed by atoms with van der Waals surface area (Å²) < 4.78 is 65.4. The third kappa shape index (κ3) is 29.8. The van der Waals surface area contributed by atoms with Crippen LogP contribution in [0.2, 0.25) is 0 Å². The van der Waals surface area contributed by atoms with Gasteiger partial charge in [0.25, 0.3) is 41.4 Å². The number of rotatable bonds is 17. The van der Waals surface area contributed by atoms with Gasteiger partial charge in [-0.3, -0.25) is 0 Å². The van der Waals surface area contributed by atoms with E-state index >= 15 is 0 Å². The van der Waals surface area contributed by atoms with Crippen LogP contribution in [-0.4, -0.2) is 67.2 Å². The Bertz CT molecular complexity index is 4990. The fourth-order valence-electron chi connectivity index (χ4n) is 10.5. The van der Waals surface area contributed by atoms with Crippen LogP contribution in [0.1, 0.15) is 68.0 Å². The average Bonchev–Trinajstić information content (AvgIpc) is 0.855. The number of benzene rings is 12. The van der Waals surface area contributed by atoms with E-state index in [4.69, 9.17) is 140 Å². The number of carbonyl (C=O) groups is 1. The molecule has 12 rings (SSSR count). The molecule has 0 spiro atoms. The summed E-state index contributed by atoms with van der Waals surface area (Å²) in [6, 6.07) is 96.7. The van der Waals surface area contributed by atoms with Crippen LogP contribution in [0.15, 0.2) is 315 Å². The predicted octanol–water partition coefficient (Wildman–Crippen LogP) is 24.2. The van der Waals surface area contributed by atoms with Crippen LogP contribution in [0.4, 0.5) is 37.6 Å². The average molecular weight is 1750 g/mol. The van der Waals surface area contributed by atoms with E-state index in [1.165, 1.54) is 45.2 Å². The molecule has 12 aromatic rings. The molecule has 0 unspecified atom stereocenters. The molecule has 0 aliphatic heterocycles. The molecule has 25 heteroatoms. The standard InChI is InChI=1S/C26H26N2O4S2.C24H23NO2S2.C23H20FNO2S2.C22H20N2O2S2/c1-26(2,3)32-23(29)27-18-19-11-10-12-20(17-19)28(24(33)30-21-13-6-4-7-14-21)25(34)31-22-15-8-5-9-16-22;1-4-19-9-11-20(12-10-19)25(23(28)26-21-13-5-17(2)6-14-21)24(29)27-22-15-7-18(3)8-16-22;1-3-17-6-10-19(11-7-17)25(22(28)26-20-12-4-16(2)5-13-20)23(29)27-21-14-8-18(24)9-15-21;1-23(2)17-13-15-18(16-14-17)24(21(27)25-19-9-5-3-6-10-19)22(28)26-20-11-7-4-8-12-20/h4-17H,18H2,1-3H3,(H,27,29);5-16H,4H2,1-3H3;4-15H,3H2,1-2H3;3-16H,1-2H3. The van der Waals surface area contributed by atoms with Crippen molar-refractivity contribution in [3.05, 3.63) is 355 Å². The van der Waals surface area contributed by atoms with Crippen LogP contribution < -0.4 is 67.7 Å². The quantitative estimate of drug-likeness (QED) is 0.0867. The van der Waals surface area contributed by atoms with Crippen molar-refractivity contribution >= 4 is 174 Å². The zero-order valence-electron chi connectivity index (χ0n) is 67.6. The van der Waals surface area contributed by atoms with Gasteiger partial charge in [0.15, 0.2) is 0 Å². The Morgan fingerprint density at radius 2 is 0.558 bits per heavy atom. The Balaban J connectivity index is 0.000000183. The van der Waals surface area contributed by atoms with Crippen molar-refractivity contribution in [3.8, 4) is 46.0 Å². The number of carbonyl (C=O) groups excluding carboxylic acids is 1. The maximum atomic E-state index is 13.2. The minimum atomic E-state index is -0.579. The lowest BCUT2D eigenvalue weighted by molar-refractivity contribution is 0.0523. The molecule has 0 atom stereocenters. The summed E-state index contributed by atoms with van der Waals surface area (Å²) in [5, 5.41) is 3.94. The van der Waals surface area contributed by atoms with E-state index in [1.54, 1.807) is 34.1 Å². The molecule has 1 N–H and O–H groups in total. The Kier molecular flexibility index (Phi) is 35.5. The zero-order chi connectivity index (χ0) is 86.1. The second-order valence-electron chi connectivity index (χ2n) is 27.4. The lowest BCUT2D eigenvalue weighted by Gasteiger charge is -2.25. The van der Waals surface area contributed by atoms with Crippen LogP contribution in [0.25, 0.3) is 0 Å². The van der Waals surface area contributed by atoms with Crippen LogP contribution in [0.3, 0.4) is 0 Å². The number of alkyl carbamates (subject to hydrolysis) is 1. The molecule has 0 aromatic heterocycles. The number of aryl methyl sites for hydroxylation is 5. The van der Waals surface area contributed by atoms with Crippen molar-refractivity contribution < 1.29 is 51.8 Å². The van der Waals surface area contributed by atoms with Gasteiger partial charge in [0.1, 0.15) is 57.4 Å². The Morgan fingerprint density at radius 1 is 0.308 bits per heavy atom. The molecule has 1 amide bonds. The summed E-state index contributed by atoms with van der Waals surface area (Å²) in [6.07, 6.45) is 1.37. The highest BCUT2D eigenvalue weighted by atomic mass is 32.1. The van der Waals surface area contributed by atoms with E-state index < -0.39 is 11.7 Å². The maximum Gasteiger partial charge on any atom is 0.407 e. The van der Waals surface area contributed by atoms with E-state index in [9.17, 15) is 9.18 Å². The van der Waals surface area contributed by atoms with Crippen molar-refractivity contribution in [2.24, 2.45) is 0 Å². The molecule has 0 aliphatic rings. The van der Waals surface area contributed by atoms with Gasteiger partial charge in [0, 0.05) is 26.3 Å². The number of amides is 1. The molecule has 0 heterocycles. The smallest absolute Gasteiger partial charge is 0.407 e. The van der Waals surface area contributed by atoms with Crippen LogP contribution in [0, 0.1) is 26.6 Å². The highest BCUT2D eigenvalue weighted by Gasteiger charge is 2.27. The van der Waals surface area contributed by atoms with E-state index in [-0.39, 0.29) is 53.8 Å². The topological polar surface area (TPSA) is 128 Å². The largest absolute Gasteiger partial charge is 0.444 e. The molecule has 0 saturated heterocycles. The van der Waals surface area contributed by atoms with Gasteiger partial charge in [-0.25, -0.2) is 28.8 Å². The number of hydrogen-bond donors (Lipinski definition) is 1. The van der Waals surface area contributed by atoms with Crippen molar-refractivity contribution in [1.29, 1.82) is 0 Å². The number of ether oxygens (including phenoxy) is 9. The molecule has 0 bridgehead atoms.